The molecule has 1 aliphatic carbocycles. The van der Waals surface area contributed by atoms with Gasteiger partial charge in [-0.15, -0.1) is 0 Å². The van der Waals surface area contributed by atoms with Gasteiger partial charge in [0.15, 0.2) is 17.3 Å². The van der Waals surface area contributed by atoms with E-state index in [1.807, 2.05) is 6.07 Å². The molecular formula is C25H30O6. The van der Waals surface area contributed by atoms with E-state index in [0.29, 0.717) is 29.5 Å². The molecule has 0 aromatic heterocycles. The number of ether oxygens (including phenoxy) is 4. The normalized spacial score (nSPS) is 15.3. The summed E-state index contributed by atoms with van der Waals surface area (Å²) < 4.78 is 52.3. The number of rotatable bonds is 8. The van der Waals surface area contributed by atoms with E-state index < -0.39 is 25.5 Å². The highest BCUT2D eigenvalue weighted by molar-refractivity contribution is 6.02. The van der Waals surface area contributed by atoms with Crippen molar-refractivity contribution in [1.29, 1.82) is 0 Å². The van der Waals surface area contributed by atoms with Crippen LogP contribution in [0, 0.1) is 5.41 Å². The maximum Gasteiger partial charge on any atom is 0.315 e. The van der Waals surface area contributed by atoms with Crippen molar-refractivity contribution < 1.29 is 34.0 Å². The van der Waals surface area contributed by atoms with Crippen molar-refractivity contribution in [3.63, 3.8) is 0 Å². The Balaban J connectivity index is 2.14. The second-order valence-electron chi connectivity index (χ2n) is 8.39. The molecule has 166 valence electrons. The average molecular weight is 431 g/mol. The third kappa shape index (κ3) is 4.53. The summed E-state index contributed by atoms with van der Waals surface area (Å²) in [4.78, 5) is 24.9. The first kappa shape index (κ1) is 17.6. The van der Waals surface area contributed by atoms with Crippen LogP contribution in [0.3, 0.4) is 0 Å². The Morgan fingerprint density at radius 2 is 1.77 bits per heavy atom. The van der Waals surface area contributed by atoms with Gasteiger partial charge in [0.25, 0.3) is 0 Å². The summed E-state index contributed by atoms with van der Waals surface area (Å²) in [5.41, 5.74) is 1.63. The minimum absolute atomic E-state index is 0.0435. The molecule has 0 saturated carbocycles. The van der Waals surface area contributed by atoms with Gasteiger partial charge in [0.1, 0.15) is 6.61 Å². The number of carbonyl (C=O) groups is 2. The number of hydrogen-bond acceptors (Lipinski definition) is 6. The van der Waals surface area contributed by atoms with E-state index >= 15 is 0 Å². The Hall–Kier alpha value is -3.02. The molecule has 31 heavy (non-hydrogen) atoms. The smallest absolute Gasteiger partial charge is 0.315 e. The molecule has 1 aliphatic rings. The Labute approximate surface area is 189 Å². The van der Waals surface area contributed by atoms with Gasteiger partial charge in [0.2, 0.25) is 5.75 Å². The first-order valence-corrected chi connectivity index (χ1v) is 10.1. The number of esters is 1. The highest BCUT2D eigenvalue weighted by atomic mass is 16.6. The molecule has 0 bridgehead atoms. The summed E-state index contributed by atoms with van der Waals surface area (Å²) in [7, 11) is -3.45. The molecule has 2 aromatic carbocycles. The largest absolute Gasteiger partial charge is 0.493 e. The van der Waals surface area contributed by atoms with E-state index in [0.717, 1.165) is 5.56 Å². The first-order valence-electron chi connectivity index (χ1n) is 12.4. The van der Waals surface area contributed by atoms with Crippen LogP contribution in [0.1, 0.15) is 55.5 Å². The zero-order chi connectivity index (χ0) is 25.9. The summed E-state index contributed by atoms with van der Waals surface area (Å²) in [6.07, 6.45) is 0.629. The molecule has 0 unspecified atom stereocenters. The van der Waals surface area contributed by atoms with Crippen molar-refractivity contribution in [3.8, 4) is 28.4 Å². The van der Waals surface area contributed by atoms with Crippen LogP contribution in [0.5, 0.6) is 17.2 Å². The lowest BCUT2D eigenvalue weighted by Crippen LogP contribution is -2.34. The van der Waals surface area contributed by atoms with Crippen LogP contribution in [0.2, 0.25) is 0 Å². The van der Waals surface area contributed by atoms with Crippen molar-refractivity contribution in [1.82, 2.24) is 0 Å². The number of methoxy groups -OCH3 is 2. The predicted octanol–water partition coefficient (Wildman–Crippen LogP) is 4.86. The number of ketones is 1. The monoisotopic (exact) mass is 430 g/mol. The van der Waals surface area contributed by atoms with Gasteiger partial charge >= 0.3 is 5.97 Å². The molecule has 6 heteroatoms. The lowest BCUT2D eigenvalue weighted by atomic mass is 9.94. The third-order valence-corrected chi connectivity index (χ3v) is 5.16. The number of carbonyl (C=O) groups excluding carboxylic acids is 2. The predicted molar refractivity (Wildman–Crippen MR) is 118 cm³/mol. The standard InChI is InChI=1S/C25H30O6/c1-15(2)31-24(27)25(3,4)14-30-22-19(11-13-21(28-5)23(22)29-6)16-8-7-9-18-17(16)10-12-20(18)26/h7-9,11,13,15H,10,12,14H2,1-6H3/i5D2,6D2. The molecule has 0 N–H and O–H groups in total. The van der Waals surface area contributed by atoms with Gasteiger partial charge in [-0.2, -0.15) is 0 Å². The molecule has 0 amide bonds. The fourth-order valence-electron chi connectivity index (χ4n) is 3.53. The van der Waals surface area contributed by atoms with Crippen molar-refractivity contribution in [2.45, 2.75) is 46.6 Å². The van der Waals surface area contributed by atoms with Gasteiger partial charge in [-0.25, -0.2) is 0 Å². The number of hydrogen-bond donors (Lipinski definition) is 0. The van der Waals surface area contributed by atoms with E-state index in [-0.39, 0.29) is 35.7 Å². The van der Waals surface area contributed by atoms with Crippen LogP contribution < -0.4 is 14.2 Å². The van der Waals surface area contributed by atoms with E-state index in [4.69, 9.17) is 24.4 Å². The quantitative estimate of drug-likeness (QED) is 0.557. The van der Waals surface area contributed by atoms with E-state index in [9.17, 15) is 9.59 Å². The van der Waals surface area contributed by atoms with Gasteiger partial charge in [0.05, 0.1) is 31.1 Å². The van der Waals surface area contributed by atoms with Crippen LogP contribution in [0.15, 0.2) is 30.3 Å². The van der Waals surface area contributed by atoms with Crippen LogP contribution in [-0.2, 0) is 16.0 Å². The van der Waals surface area contributed by atoms with Crippen molar-refractivity contribution in [2.75, 3.05) is 20.7 Å². The van der Waals surface area contributed by atoms with Crippen LogP contribution in [0.25, 0.3) is 11.1 Å². The van der Waals surface area contributed by atoms with Gasteiger partial charge in [-0.05, 0) is 57.4 Å². The number of Topliss-reactive ketones (excluding diaryl/α,β-unsaturated/α-hetero) is 1. The van der Waals surface area contributed by atoms with Gasteiger partial charge < -0.3 is 18.9 Å². The molecular weight excluding hydrogens is 396 g/mol. The molecule has 0 spiro atoms. The van der Waals surface area contributed by atoms with Crippen molar-refractivity contribution >= 4 is 11.8 Å². The third-order valence-electron chi connectivity index (χ3n) is 5.16. The highest BCUT2D eigenvalue weighted by Crippen LogP contribution is 2.47. The van der Waals surface area contributed by atoms with Crippen LogP contribution >= 0.6 is 0 Å². The summed E-state index contributed by atoms with van der Waals surface area (Å²) in [5, 5.41) is 0. The maximum atomic E-state index is 12.6. The molecule has 0 fully saturated rings. The molecule has 0 aliphatic heterocycles. The Bertz CT molecular complexity index is 1100. The van der Waals surface area contributed by atoms with Crippen LogP contribution in [0.4, 0.5) is 0 Å². The summed E-state index contributed by atoms with van der Waals surface area (Å²) in [6, 6.07) is 8.49. The van der Waals surface area contributed by atoms with Gasteiger partial charge in [-0.1, -0.05) is 18.2 Å². The fraction of sp³-hybridized carbons (Fsp3) is 0.440. The maximum absolute atomic E-state index is 12.6. The van der Waals surface area contributed by atoms with E-state index in [2.05, 4.69) is 0 Å². The lowest BCUT2D eigenvalue weighted by molar-refractivity contribution is -0.159. The number of benzene rings is 2. The van der Waals surface area contributed by atoms with Crippen LogP contribution in [-0.4, -0.2) is 38.6 Å². The SMILES string of the molecule is [2H]C([2H])Oc1ccc(-c2cccc3c2CCC3=O)c(OCC(C)(C)C(=O)OC(C)C)c1OC([2H])[2H]. The second kappa shape index (κ2) is 9.00. The lowest BCUT2D eigenvalue weighted by Gasteiger charge is -2.26. The molecule has 0 saturated heterocycles. The molecule has 0 heterocycles. The zero-order valence-electron chi connectivity index (χ0n) is 22.2. The Morgan fingerprint density at radius 3 is 2.48 bits per heavy atom. The Morgan fingerprint density at radius 1 is 1.03 bits per heavy atom. The zero-order valence-corrected chi connectivity index (χ0v) is 18.2. The van der Waals surface area contributed by atoms with Crippen molar-refractivity contribution in [2.24, 2.45) is 5.41 Å². The molecule has 2 aromatic rings. The van der Waals surface area contributed by atoms with E-state index in [1.54, 1.807) is 45.9 Å². The Kier molecular flexibility index (Phi) is 5.12. The minimum Gasteiger partial charge on any atom is -0.493 e. The minimum atomic E-state index is -1.76. The first-order chi connectivity index (χ1) is 16.4. The topological polar surface area (TPSA) is 71.1 Å². The molecule has 0 atom stereocenters. The number of fused-ring (bicyclic) bond motifs is 1. The highest BCUT2D eigenvalue weighted by Gasteiger charge is 2.33. The summed E-state index contributed by atoms with van der Waals surface area (Å²) >= 11 is 0. The van der Waals surface area contributed by atoms with Gasteiger partial charge in [0, 0.05) is 17.5 Å². The second-order valence-corrected chi connectivity index (χ2v) is 8.39. The summed E-state index contributed by atoms with van der Waals surface area (Å²) in [5.74, 6) is -0.509. The fourth-order valence-corrected chi connectivity index (χ4v) is 3.53. The summed E-state index contributed by atoms with van der Waals surface area (Å²) in [6.45, 7) is 6.69. The van der Waals surface area contributed by atoms with Crippen molar-refractivity contribution in [3.05, 3.63) is 41.5 Å². The average Bonchev–Trinajstić information content (AvgIpc) is 3.14. The molecule has 3 rings (SSSR count). The molecule has 6 nitrogen and oxygen atoms in total. The van der Waals surface area contributed by atoms with Gasteiger partial charge in [-0.3, -0.25) is 9.59 Å². The molecule has 0 radical (unpaired) electrons. The van der Waals surface area contributed by atoms with E-state index in [1.165, 1.54) is 6.07 Å².